The van der Waals surface area contributed by atoms with E-state index in [2.05, 4.69) is 5.32 Å². The minimum Gasteiger partial charge on any atom is -0.497 e. The van der Waals surface area contributed by atoms with Crippen molar-refractivity contribution < 1.29 is 14.3 Å². The van der Waals surface area contributed by atoms with Crippen molar-refractivity contribution in [1.82, 2.24) is 10.2 Å². The molecule has 0 aliphatic rings. The molecule has 0 saturated carbocycles. The Balaban J connectivity index is 2.65. The predicted molar refractivity (Wildman–Crippen MR) is 71.6 cm³/mol. The number of nitrogens with zero attached hydrogens (tertiary/aromatic N) is 1. The lowest BCUT2D eigenvalue weighted by molar-refractivity contribution is -0.124. The van der Waals surface area contributed by atoms with Crippen molar-refractivity contribution in [2.75, 3.05) is 14.2 Å². The molecule has 0 heterocycles. The van der Waals surface area contributed by atoms with Gasteiger partial charge < -0.3 is 10.5 Å². The number of nitrogens with two attached hydrogens (primary N) is 1. The maximum absolute atomic E-state index is 11.6. The number of hydrogen-bond acceptors (Lipinski definition) is 4. The van der Waals surface area contributed by atoms with Crippen LogP contribution in [0.15, 0.2) is 24.3 Å². The van der Waals surface area contributed by atoms with Crippen molar-refractivity contribution in [3.63, 3.8) is 0 Å². The SMILES string of the molecule is COc1cccc(CN(C)[C@H](C)C(=O)NC(N)=O)c1. The highest BCUT2D eigenvalue weighted by atomic mass is 16.5. The van der Waals surface area contributed by atoms with E-state index in [0.717, 1.165) is 11.3 Å². The van der Waals surface area contributed by atoms with E-state index in [0.29, 0.717) is 6.54 Å². The summed E-state index contributed by atoms with van der Waals surface area (Å²) in [6.07, 6.45) is 0. The molecule has 6 heteroatoms. The maximum atomic E-state index is 11.6. The number of carbonyl (C=O) groups is 2. The highest BCUT2D eigenvalue weighted by Gasteiger charge is 2.19. The summed E-state index contributed by atoms with van der Waals surface area (Å²) in [6.45, 7) is 2.27. The number of amides is 3. The lowest BCUT2D eigenvalue weighted by Gasteiger charge is -2.23. The van der Waals surface area contributed by atoms with Gasteiger partial charge in [-0.3, -0.25) is 15.0 Å². The fourth-order valence-corrected chi connectivity index (χ4v) is 1.62. The van der Waals surface area contributed by atoms with Crippen LogP contribution in [0, 0.1) is 0 Å². The van der Waals surface area contributed by atoms with Crippen molar-refractivity contribution in [3.8, 4) is 5.75 Å². The highest BCUT2D eigenvalue weighted by Crippen LogP contribution is 2.14. The first kappa shape index (κ1) is 15.0. The molecule has 1 atom stereocenters. The van der Waals surface area contributed by atoms with Crippen molar-refractivity contribution in [3.05, 3.63) is 29.8 Å². The molecule has 3 amide bonds. The molecule has 3 N–H and O–H groups in total. The summed E-state index contributed by atoms with van der Waals surface area (Å²) < 4.78 is 5.14. The smallest absolute Gasteiger partial charge is 0.318 e. The van der Waals surface area contributed by atoms with Crippen LogP contribution in [0.3, 0.4) is 0 Å². The van der Waals surface area contributed by atoms with Gasteiger partial charge in [-0.05, 0) is 31.7 Å². The van der Waals surface area contributed by atoms with Gasteiger partial charge in [-0.25, -0.2) is 4.79 Å². The first-order valence-corrected chi connectivity index (χ1v) is 5.87. The molecule has 6 nitrogen and oxygen atoms in total. The third kappa shape index (κ3) is 4.59. The zero-order chi connectivity index (χ0) is 14.4. The van der Waals surface area contributed by atoms with E-state index in [4.69, 9.17) is 10.5 Å². The average molecular weight is 265 g/mol. The molecular formula is C13H19N3O3. The number of benzene rings is 1. The number of imide groups is 1. The monoisotopic (exact) mass is 265 g/mol. The molecule has 1 rings (SSSR count). The number of primary amides is 1. The van der Waals surface area contributed by atoms with Crippen molar-refractivity contribution in [2.24, 2.45) is 5.73 Å². The summed E-state index contributed by atoms with van der Waals surface area (Å²) >= 11 is 0. The second kappa shape index (κ2) is 6.75. The normalized spacial score (nSPS) is 12.0. The van der Waals surface area contributed by atoms with Crippen molar-refractivity contribution in [1.29, 1.82) is 0 Å². The largest absolute Gasteiger partial charge is 0.497 e. The topological polar surface area (TPSA) is 84.7 Å². The van der Waals surface area contributed by atoms with Crippen LogP contribution in [0.5, 0.6) is 5.75 Å². The van der Waals surface area contributed by atoms with Crippen LogP contribution < -0.4 is 15.8 Å². The first-order chi connectivity index (χ1) is 8.93. The molecule has 0 radical (unpaired) electrons. The van der Waals surface area contributed by atoms with Crippen LogP contribution in [0.2, 0.25) is 0 Å². The lowest BCUT2D eigenvalue weighted by atomic mass is 10.2. The molecule has 0 spiro atoms. The van der Waals surface area contributed by atoms with E-state index in [1.165, 1.54) is 0 Å². The summed E-state index contributed by atoms with van der Waals surface area (Å²) in [5.41, 5.74) is 5.93. The summed E-state index contributed by atoms with van der Waals surface area (Å²) in [5.74, 6) is 0.345. The number of methoxy groups -OCH3 is 1. The molecule has 0 aliphatic carbocycles. The number of nitrogens with one attached hydrogen (secondary N) is 1. The number of rotatable bonds is 5. The Morgan fingerprint density at radius 1 is 1.47 bits per heavy atom. The number of urea groups is 1. The Labute approximate surface area is 112 Å². The average Bonchev–Trinajstić information content (AvgIpc) is 2.37. The second-order valence-corrected chi connectivity index (χ2v) is 4.30. The van der Waals surface area contributed by atoms with Gasteiger partial charge in [-0.1, -0.05) is 12.1 Å². The van der Waals surface area contributed by atoms with Crippen LogP contribution >= 0.6 is 0 Å². The molecule has 0 unspecified atom stereocenters. The zero-order valence-electron chi connectivity index (χ0n) is 11.3. The van der Waals surface area contributed by atoms with E-state index in [-0.39, 0.29) is 0 Å². The minimum absolute atomic E-state index is 0.419. The summed E-state index contributed by atoms with van der Waals surface area (Å²) in [4.78, 5) is 24.1. The van der Waals surface area contributed by atoms with Gasteiger partial charge in [0.2, 0.25) is 5.91 Å². The van der Waals surface area contributed by atoms with E-state index >= 15 is 0 Å². The molecule has 0 aliphatic heterocycles. The van der Waals surface area contributed by atoms with Crippen molar-refractivity contribution in [2.45, 2.75) is 19.5 Å². The molecule has 19 heavy (non-hydrogen) atoms. The Bertz CT molecular complexity index is 462. The standard InChI is InChI=1S/C13H19N3O3/c1-9(12(17)15-13(14)18)16(2)8-10-5-4-6-11(7-10)19-3/h4-7,9H,8H2,1-3H3,(H3,14,15,17,18)/t9-/m1/s1. The Morgan fingerprint density at radius 3 is 2.74 bits per heavy atom. The van der Waals surface area contributed by atoms with E-state index in [1.807, 2.05) is 29.2 Å². The van der Waals surface area contributed by atoms with Gasteiger partial charge in [0.25, 0.3) is 0 Å². The van der Waals surface area contributed by atoms with Gasteiger partial charge >= 0.3 is 6.03 Å². The van der Waals surface area contributed by atoms with Crippen LogP contribution in [0.25, 0.3) is 0 Å². The van der Waals surface area contributed by atoms with Crippen LogP contribution in [-0.4, -0.2) is 37.0 Å². The van der Waals surface area contributed by atoms with Crippen LogP contribution in [-0.2, 0) is 11.3 Å². The Morgan fingerprint density at radius 2 is 2.16 bits per heavy atom. The third-order valence-corrected chi connectivity index (χ3v) is 2.85. The summed E-state index contributed by atoms with van der Waals surface area (Å²) in [6, 6.07) is 6.28. The molecular weight excluding hydrogens is 246 g/mol. The molecule has 0 saturated heterocycles. The number of carbonyl (C=O) groups excluding carboxylic acids is 2. The van der Waals surface area contributed by atoms with Gasteiger partial charge in [0.1, 0.15) is 5.75 Å². The summed E-state index contributed by atoms with van der Waals surface area (Å²) in [7, 11) is 3.40. The quantitative estimate of drug-likeness (QED) is 0.821. The number of likely N-dealkylation sites (N-methyl/N-ethyl adjacent to an activating group) is 1. The molecule has 104 valence electrons. The van der Waals surface area contributed by atoms with E-state index in [9.17, 15) is 9.59 Å². The van der Waals surface area contributed by atoms with E-state index in [1.54, 1.807) is 21.1 Å². The number of hydrogen-bond donors (Lipinski definition) is 2. The summed E-state index contributed by atoms with van der Waals surface area (Å²) in [5, 5.41) is 2.07. The lowest BCUT2D eigenvalue weighted by Crippen LogP contribution is -2.46. The number of ether oxygens (including phenoxy) is 1. The van der Waals surface area contributed by atoms with E-state index < -0.39 is 18.0 Å². The molecule has 0 aromatic heterocycles. The van der Waals surface area contributed by atoms with Gasteiger partial charge in [0, 0.05) is 6.54 Å². The fourth-order valence-electron chi connectivity index (χ4n) is 1.62. The predicted octanol–water partition coefficient (Wildman–Crippen LogP) is 0.710. The molecule has 1 aromatic rings. The maximum Gasteiger partial charge on any atom is 0.318 e. The van der Waals surface area contributed by atoms with Gasteiger partial charge in [0.05, 0.1) is 13.2 Å². The van der Waals surface area contributed by atoms with Gasteiger partial charge in [0.15, 0.2) is 0 Å². The van der Waals surface area contributed by atoms with Crippen LogP contribution in [0.1, 0.15) is 12.5 Å². The Hall–Kier alpha value is -2.08. The van der Waals surface area contributed by atoms with Crippen LogP contribution in [0.4, 0.5) is 4.79 Å². The highest BCUT2D eigenvalue weighted by molar-refractivity contribution is 5.96. The Kier molecular flexibility index (Phi) is 5.32. The van der Waals surface area contributed by atoms with Gasteiger partial charge in [-0.2, -0.15) is 0 Å². The van der Waals surface area contributed by atoms with Gasteiger partial charge in [-0.15, -0.1) is 0 Å². The molecule has 1 aromatic carbocycles. The zero-order valence-corrected chi connectivity index (χ0v) is 11.3. The first-order valence-electron chi connectivity index (χ1n) is 5.87. The molecule has 0 bridgehead atoms. The third-order valence-electron chi connectivity index (χ3n) is 2.85. The fraction of sp³-hybridized carbons (Fsp3) is 0.385. The second-order valence-electron chi connectivity index (χ2n) is 4.30. The van der Waals surface area contributed by atoms with Crippen molar-refractivity contribution >= 4 is 11.9 Å². The molecule has 0 fully saturated rings. The minimum atomic E-state index is -0.841.